The van der Waals surface area contributed by atoms with Crippen molar-refractivity contribution in [1.29, 1.82) is 0 Å². The smallest absolute Gasteiger partial charge is 0.279 e. The molecule has 0 saturated carbocycles. The second-order valence-electron chi connectivity index (χ2n) is 4.32. The molecule has 0 amide bonds. The van der Waals surface area contributed by atoms with Crippen molar-refractivity contribution in [2.75, 3.05) is 18.8 Å². The Kier molecular flexibility index (Phi) is 4.55. The van der Waals surface area contributed by atoms with E-state index >= 15 is 0 Å². The van der Waals surface area contributed by atoms with Crippen molar-refractivity contribution < 1.29 is 8.42 Å². The number of nitrogens with two attached hydrogens (primary N) is 1. The van der Waals surface area contributed by atoms with Gasteiger partial charge < -0.3 is 5.73 Å². The molecular weight excluding hydrogens is 272 g/mol. The van der Waals surface area contributed by atoms with Gasteiger partial charge in [-0.25, -0.2) is 4.98 Å². The Hall–Kier alpha value is -0.700. The van der Waals surface area contributed by atoms with Crippen molar-refractivity contribution in [3.05, 3.63) is 11.1 Å². The summed E-state index contributed by atoms with van der Waals surface area (Å²) in [6.07, 6.45) is 4.08. The fourth-order valence-electron chi connectivity index (χ4n) is 1.94. The third-order valence-corrected chi connectivity index (χ3v) is 5.19. The van der Waals surface area contributed by atoms with E-state index in [0.29, 0.717) is 23.9 Å². The normalized spacial score (nSPS) is 18.7. The predicted octanol–water partition coefficient (Wildman–Crippen LogP) is 0.936. The van der Waals surface area contributed by atoms with Crippen molar-refractivity contribution in [3.63, 3.8) is 0 Å². The lowest BCUT2D eigenvalue weighted by molar-refractivity contribution is 0.414. The maximum atomic E-state index is 12.1. The molecule has 0 aliphatic carbocycles. The van der Waals surface area contributed by atoms with Gasteiger partial charge in [0.2, 0.25) is 0 Å². The second-order valence-corrected chi connectivity index (χ2v) is 6.96. The summed E-state index contributed by atoms with van der Waals surface area (Å²) < 4.78 is 28.3. The first-order valence-corrected chi connectivity index (χ1v) is 8.34. The van der Waals surface area contributed by atoms with Gasteiger partial charge in [-0.3, -0.25) is 0 Å². The molecule has 0 spiro atoms. The second kappa shape index (κ2) is 5.96. The molecule has 8 heteroatoms. The number of thiazole rings is 1. The van der Waals surface area contributed by atoms with Gasteiger partial charge in [-0.1, -0.05) is 12.8 Å². The minimum Gasteiger partial charge on any atom is -0.375 e. The zero-order chi connectivity index (χ0) is 13.0. The van der Waals surface area contributed by atoms with Gasteiger partial charge in [0.15, 0.2) is 5.13 Å². The lowest BCUT2D eigenvalue weighted by Gasteiger charge is -2.19. The van der Waals surface area contributed by atoms with E-state index in [1.165, 1.54) is 15.6 Å². The molecule has 2 heterocycles. The maximum absolute atomic E-state index is 12.1. The third-order valence-electron chi connectivity index (χ3n) is 2.91. The van der Waals surface area contributed by atoms with Crippen LogP contribution in [0.15, 0.2) is 5.38 Å². The lowest BCUT2D eigenvalue weighted by Crippen LogP contribution is -2.40. The number of anilines is 1. The minimum atomic E-state index is -3.39. The molecule has 0 atom stereocenters. The number of nitrogens with one attached hydrogen (secondary N) is 1. The van der Waals surface area contributed by atoms with Gasteiger partial charge in [0.1, 0.15) is 0 Å². The molecular formula is C10H18N4O2S2. The highest BCUT2D eigenvalue weighted by atomic mass is 32.2. The molecule has 0 radical (unpaired) electrons. The summed E-state index contributed by atoms with van der Waals surface area (Å²) in [5.74, 6) is 0. The van der Waals surface area contributed by atoms with Crippen LogP contribution in [0.5, 0.6) is 0 Å². The zero-order valence-corrected chi connectivity index (χ0v) is 11.8. The van der Waals surface area contributed by atoms with Crippen molar-refractivity contribution in [2.45, 2.75) is 32.2 Å². The highest BCUT2D eigenvalue weighted by molar-refractivity contribution is 7.87. The molecule has 1 fully saturated rings. The monoisotopic (exact) mass is 290 g/mol. The van der Waals surface area contributed by atoms with Crippen LogP contribution in [0, 0.1) is 0 Å². The summed E-state index contributed by atoms with van der Waals surface area (Å²) in [6.45, 7) is 1.41. The minimum absolute atomic E-state index is 0.201. The first-order chi connectivity index (χ1) is 8.58. The van der Waals surface area contributed by atoms with Crippen molar-refractivity contribution in [2.24, 2.45) is 0 Å². The highest BCUT2D eigenvalue weighted by Crippen LogP contribution is 2.14. The predicted molar refractivity (Wildman–Crippen MR) is 72.3 cm³/mol. The summed E-state index contributed by atoms with van der Waals surface area (Å²) in [5.41, 5.74) is 6.16. The molecule has 6 nitrogen and oxygen atoms in total. The van der Waals surface area contributed by atoms with Gasteiger partial charge in [-0.2, -0.15) is 17.4 Å². The summed E-state index contributed by atoms with van der Waals surface area (Å²) in [4.78, 5) is 4.03. The summed E-state index contributed by atoms with van der Waals surface area (Å²) in [5, 5.41) is 2.22. The Morgan fingerprint density at radius 1 is 1.33 bits per heavy atom. The first kappa shape index (κ1) is 13.7. The van der Waals surface area contributed by atoms with Crippen LogP contribution in [0.2, 0.25) is 0 Å². The highest BCUT2D eigenvalue weighted by Gasteiger charge is 2.22. The SMILES string of the molecule is Nc1nc(CNS(=O)(=O)N2CCCCCC2)cs1. The Bertz CT molecular complexity index is 478. The Labute approximate surface area is 111 Å². The van der Waals surface area contributed by atoms with Crippen LogP contribution in [0.1, 0.15) is 31.4 Å². The molecule has 2 rings (SSSR count). The van der Waals surface area contributed by atoms with E-state index in [9.17, 15) is 8.42 Å². The van der Waals surface area contributed by atoms with E-state index in [1.807, 2.05) is 0 Å². The molecule has 0 unspecified atom stereocenters. The Morgan fingerprint density at radius 2 is 2.00 bits per heavy atom. The van der Waals surface area contributed by atoms with Gasteiger partial charge in [-0.15, -0.1) is 11.3 Å². The van der Waals surface area contributed by atoms with Crippen LogP contribution in [0.3, 0.4) is 0 Å². The molecule has 1 saturated heterocycles. The summed E-state index contributed by atoms with van der Waals surface area (Å²) in [7, 11) is -3.39. The fraction of sp³-hybridized carbons (Fsp3) is 0.700. The summed E-state index contributed by atoms with van der Waals surface area (Å²) in [6, 6.07) is 0. The lowest BCUT2D eigenvalue weighted by atomic mass is 10.2. The topological polar surface area (TPSA) is 88.3 Å². The van der Waals surface area contributed by atoms with Gasteiger partial charge in [0.05, 0.1) is 12.2 Å². The molecule has 18 heavy (non-hydrogen) atoms. The molecule has 1 aliphatic heterocycles. The van der Waals surface area contributed by atoms with Gasteiger partial charge in [0.25, 0.3) is 10.2 Å². The molecule has 1 aromatic heterocycles. The first-order valence-electron chi connectivity index (χ1n) is 6.02. The van der Waals surface area contributed by atoms with E-state index in [1.54, 1.807) is 5.38 Å². The molecule has 0 bridgehead atoms. The standard InChI is InChI=1S/C10H18N4O2S2/c11-10-13-9(8-17-10)7-12-18(15,16)14-5-3-1-2-4-6-14/h8,12H,1-7H2,(H2,11,13). The van der Waals surface area contributed by atoms with E-state index in [0.717, 1.165) is 25.7 Å². The number of aromatic nitrogens is 1. The number of nitrogen functional groups attached to an aromatic ring is 1. The van der Waals surface area contributed by atoms with Gasteiger partial charge in [0, 0.05) is 18.5 Å². The van der Waals surface area contributed by atoms with Gasteiger partial charge >= 0.3 is 0 Å². The van der Waals surface area contributed by atoms with E-state index < -0.39 is 10.2 Å². The number of nitrogens with zero attached hydrogens (tertiary/aromatic N) is 2. The molecule has 3 N–H and O–H groups in total. The Morgan fingerprint density at radius 3 is 2.56 bits per heavy atom. The quantitative estimate of drug-likeness (QED) is 0.863. The molecule has 102 valence electrons. The third kappa shape index (κ3) is 3.64. The zero-order valence-electron chi connectivity index (χ0n) is 10.1. The molecule has 1 aromatic rings. The fourth-order valence-corrected chi connectivity index (χ4v) is 3.76. The van der Waals surface area contributed by atoms with Crippen LogP contribution < -0.4 is 10.5 Å². The van der Waals surface area contributed by atoms with Crippen LogP contribution >= 0.6 is 11.3 Å². The van der Waals surface area contributed by atoms with Gasteiger partial charge in [-0.05, 0) is 12.8 Å². The molecule has 0 aromatic carbocycles. The van der Waals surface area contributed by atoms with Crippen LogP contribution in [-0.4, -0.2) is 30.8 Å². The van der Waals surface area contributed by atoms with Crippen LogP contribution in [0.25, 0.3) is 0 Å². The van der Waals surface area contributed by atoms with Crippen LogP contribution in [-0.2, 0) is 16.8 Å². The molecule has 1 aliphatic rings. The number of hydrogen-bond acceptors (Lipinski definition) is 5. The van der Waals surface area contributed by atoms with Crippen LogP contribution in [0.4, 0.5) is 5.13 Å². The summed E-state index contributed by atoms with van der Waals surface area (Å²) >= 11 is 1.31. The Balaban J connectivity index is 1.93. The van der Waals surface area contributed by atoms with E-state index in [4.69, 9.17) is 5.73 Å². The van der Waals surface area contributed by atoms with Crippen molar-refractivity contribution >= 4 is 26.7 Å². The van der Waals surface area contributed by atoms with E-state index in [2.05, 4.69) is 9.71 Å². The number of rotatable bonds is 4. The largest absolute Gasteiger partial charge is 0.375 e. The van der Waals surface area contributed by atoms with Crippen molar-refractivity contribution in [3.8, 4) is 0 Å². The average molecular weight is 290 g/mol. The average Bonchev–Trinajstić information content (AvgIpc) is 2.59. The van der Waals surface area contributed by atoms with E-state index in [-0.39, 0.29) is 6.54 Å². The maximum Gasteiger partial charge on any atom is 0.279 e. The van der Waals surface area contributed by atoms with Crippen molar-refractivity contribution in [1.82, 2.24) is 14.0 Å². The number of hydrogen-bond donors (Lipinski definition) is 2.